The van der Waals surface area contributed by atoms with Crippen LogP contribution < -0.4 is 4.90 Å². The molecule has 1 aromatic carbocycles. The summed E-state index contributed by atoms with van der Waals surface area (Å²) in [7, 11) is 0. The molecule has 1 aliphatic heterocycles. The van der Waals surface area contributed by atoms with E-state index in [1.807, 2.05) is 17.0 Å². The lowest BCUT2D eigenvalue weighted by molar-refractivity contribution is -0.173. The average Bonchev–Trinajstić information content (AvgIpc) is 3.12. The summed E-state index contributed by atoms with van der Waals surface area (Å²) in [5.74, 6) is 0.0748. The molecule has 5 rings (SSSR count). The topological polar surface area (TPSA) is 23.6 Å². The largest absolute Gasteiger partial charge is 0.368 e. The standard InChI is InChI=1S/C20H24Br3FN2O/c1-18(2)19(16(22)23)7-8-20(18,15(19)21)17(27)26-11-9-25(10-12-26)14-5-3-13(24)4-6-14/h3-6,15-16H,7-12H2,1-2H3/t15-,19+,20-/m1/s1. The van der Waals surface area contributed by atoms with E-state index < -0.39 is 0 Å². The summed E-state index contributed by atoms with van der Waals surface area (Å²) in [5, 5.41) is 0. The van der Waals surface area contributed by atoms with Crippen LogP contribution in [0.3, 0.4) is 0 Å². The molecule has 0 aromatic heterocycles. The van der Waals surface area contributed by atoms with Gasteiger partial charge in [-0.1, -0.05) is 61.6 Å². The number of amides is 1. The molecule has 3 saturated carbocycles. The van der Waals surface area contributed by atoms with Gasteiger partial charge in [0.1, 0.15) is 5.82 Å². The van der Waals surface area contributed by atoms with Crippen LogP contribution in [-0.4, -0.2) is 45.5 Å². The lowest BCUT2D eigenvalue weighted by atomic mass is 9.43. The molecule has 1 saturated heterocycles. The lowest BCUT2D eigenvalue weighted by Crippen LogP contribution is -2.73. The molecule has 27 heavy (non-hydrogen) atoms. The second kappa shape index (κ2) is 6.69. The highest BCUT2D eigenvalue weighted by atomic mass is 79.9. The smallest absolute Gasteiger partial charge is 0.230 e. The van der Waals surface area contributed by atoms with Crippen LogP contribution in [0.5, 0.6) is 0 Å². The van der Waals surface area contributed by atoms with Crippen LogP contribution in [0.2, 0.25) is 0 Å². The molecule has 0 radical (unpaired) electrons. The van der Waals surface area contributed by atoms with Crippen LogP contribution in [0, 0.1) is 22.1 Å². The number of halogens is 4. The van der Waals surface area contributed by atoms with Crippen LogP contribution in [0.4, 0.5) is 10.1 Å². The number of benzene rings is 1. The molecular formula is C20H24Br3FN2O. The van der Waals surface area contributed by atoms with Crippen molar-refractivity contribution in [3.05, 3.63) is 30.1 Å². The van der Waals surface area contributed by atoms with Crippen molar-refractivity contribution < 1.29 is 9.18 Å². The third kappa shape index (κ3) is 2.49. The number of piperazine rings is 1. The molecule has 0 spiro atoms. The van der Waals surface area contributed by atoms with Crippen molar-refractivity contribution in [2.75, 3.05) is 31.1 Å². The summed E-state index contributed by atoms with van der Waals surface area (Å²) in [6.07, 6.45) is 1.97. The van der Waals surface area contributed by atoms with Gasteiger partial charge in [0.05, 0.1) is 9.15 Å². The number of hydrogen-bond donors (Lipinski definition) is 0. The van der Waals surface area contributed by atoms with Gasteiger partial charge in [0, 0.05) is 42.1 Å². The van der Waals surface area contributed by atoms with Crippen molar-refractivity contribution in [3.63, 3.8) is 0 Å². The number of carbonyl (C=O) groups is 1. The maximum Gasteiger partial charge on any atom is 0.230 e. The van der Waals surface area contributed by atoms with Gasteiger partial charge in [0.25, 0.3) is 0 Å². The van der Waals surface area contributed by atoms with Crippen molar-refractivity contribution in [1.82, 2.24) is 4.90 Å². The Morgan fingerprint density at radius 2 is 1.70 bits per heavy atom. The zero-order valence-corrected chi connectivity index (χ0v) is 20.3. The van der Waals surface area contributed by atoms with Crippen molar-refractivity contribution in [2.24, 2.45) is 16.2 Å². The van der Waals surface area contributed by atoms with Gasteiger partial charge in [-0.05, 0) is 42.5 Å². The van der Waals surface area contributed by atoms with Gasteiger partial charge in [0.15, 0.2) is 0 Å². The van der Waals surface area contributed by atoms with Crippen LogP contribution in [0.1, 0.15) is 26.7 Å². The summed E-state index contributed by atoms with van der Waals surface area (Å²) in [6.45, 7) is 7.50. The first-order valence-corrected chi connectivity index (χ1v) is 12.2. The van der Waals surface area contributed by atoms with Crippen molar-refractivity contribution in [1.29, 1.82) is 0 Å². The monoisotopic (exact) mass is 564 g/mol. The number of anilines is 1. The Labute approximate surface area is 185 Å². The van der Waals surface area contributed by atoms with Crippen LogP contribution >= 0.6 is 47.8 Å². The molecule has 0 N–H and O–H groups in total. The fourth-order valence-electron chi connectivity index (χ4n) is 5.77. The number of alkyl halides is 3. The van der Waals surface area contributed by atoms with Gasteiger partial charge in [-0.3, -0.25) is 4.79 Å². The van der Waals surface area contributed by atoms with Crippen LogP contribution in [0.15, 0.2) is 24.3 Å². The van der Waals surface area contributed by atoms with Crippen LogP contribution in [-0.2, 0) is 4.79 Å². The minimum Gasteiger partial charge on any atom is -0.368 e. The van der Waals surface area contributed by atoms with Crippen molar-refractivity contribution in [3.8, 4) is 0 Å². The first kappa shape index (κ1) is 20.1. The Morgan fingerprint density at radius 1 is 1.11 bits per heavy atom. The Kier molecular flexibility index (Phi) is 5.00. The van der Waals surface area contributed by atoms with Crippen molar-refractivity contribution in [2.45, 2.75) is 35.3 Å². The number of nitrogens with zero attached hydrogens (tertiary/aromatic N) is 2. The highest BCUT2D eigenvalue weighted by Gasteiger charge is 2.83. The number of rotatable bonds is 3. The summed E-state index contributed by atoms with van der Waals surface area (Å²) >= 11 is 11.4. The number of hydrogen-bond acceptors (Lipinski definition) is 2. The SMILES string of the molecule is CC1(C)[C@]2(C(=O)N3CCN(c4ccc(F)cc4)CC3)CC[C@@]1(C(Br)Br)[C@H]2Br. The van der Waals surface area contributed by atoms with E-state index in [9.17, 15) is 9.18 Å². The predicted octanol–water partition coefficient (Wildman–Crippen LogP) is 5.16. The third-order valence-electron chi connectivity index (χ3n) is 7.63. The first-order valence-electron chi connectivity index (χ1n) is 9.40. The molecule has 3 aliphatic carbocycles. The zero-order valence-electron chi connectivity index (χ0n) is 15.5. The van der Waals surface area contributed by atoms with Gasteiger partial charge >= 0.3 is 0 Å². The van der Waals surface area contributed by atoms with Crippen LogP contribution in [0.25, 0.3) is 0 Å². The Balaban J connectivity index is 1.48. The number of fused-ring (bicyclic) bond motifs is 1. The molecule has 3 nitrogen and oxygen atoms in total. The molecular weight excluding hydrogens is 543 g/mol. The molecule has 1 amide bonds. The Hall–Kier alpha value is -0.140. The molecule has 3 atom stereocenters. The van der Waals surface area contributed by atoms with Gasteiger partial charge < -0.3 is 9.80 Å². The molecule has 4 fully saturated rings. The predicted molar refractivity (Wildman–Crippen MR) is 117 cm³/mol. The van der Waals surface area contributed by atoms with E-state index in [-0.39, 0.29) is 30.6 Å². The van der Waals surface area contributed by atoms with Gasteiger partial charge in [-0.2, -0.15) is 0 Å². The number of carbonyl (C=O) groups excluding carboxylic acids is 1. The van der Waals surface area contributed by atoms with E-state index >= 15 is 0 Å². The third-order valence-corrected chi connectivity index (χ3v) is 10.9. The highest BCUT2D eigenvalue weighted by Crippen LogP contribution is 2.82. The molecule has 7 heteroatoms. The summed E-state index contributed by atoms with van der Waals surface area (Å²) in [6, 6.07) is 6.61. The Morgan fingerprint density at radius 3 is 2.19 bits per heavy atom. The molecule has 1 aromatic rings. The van der Waals surface area contributed by atoms with E-state index in [0.717, 1.165) is 31.6 Å². The molecule has 4 aliphatic rings. The van der Waals surface area contributed by atoms with Gasteiger partial charge in [0.2, 0.25) is 5.91 Å². The second-order valence-electron chi connectivity index (χ2n) is 8.56. The second-order valence-corrected chi connectivity index (χ2v) is 12.5. The quantitative estimate of drug-likeness (QED) is 0.472. The molecule has 2 bridgehead atoms. The summed E-state index contributed by atoms with van der Waals surface area (Å²) in [5.41, 5.74) is 0.672. The summed E-state index contributed by atoms with van der Waals surface area (Å²) < 4.78 is 13.3. The maximum atomic E-state index is 13.6. The highest BCUT2D eigenvalue weighted by molar-refractivity contribution is 9.24. The molecule has 148 valence electrons. The molecule has 1 heterocycles. The first-order chi connectivity index (χ1) is 12.7. The van der Waals surface area contributed by atoms with E-state index in [0.29, 0.717) is 19.0 Å². The molecule has 0 unspecified atom stereocenters. The van der Waals surface area contributed by atoms with Gasteiger partial charge in [-0.15, -0.1) is 0 Å². The van der Waals surface area contributed by atoms with E-state index in [1.54, 1.807) is 0 Å². The summed E-state index contributed by atoms with van der Waals surface area (Å²) in [4.78, 5) is 18.1. The van der Waals surface area contributed by atoms with Crippen molar-refractivity contribution >= 4 is 59.4 Å². The Bertz CT molecular complexity index is 748. The minimum atomic E-state index is -0.329. The minimum absolute atomic E-state index is 0.0542. The van der Waals surface area contributed by atoms with E-state index in [1.165, 1.54) is 12.1 Å². The van der Waals surface area contributed by atoms with Gasteiger partial charge in [-0.25, -0.2) is 4.39 Å². The van der Waals surface area contributed by atoms with E-state index in [2.05, 4.69) is 66.5 Å². The normalized spacial score (nSPS) is 34.7. The fourth-order valence-corrected chi connectivity index (χ4v) is 10.7. The average molecular weight is 567 g/mol. The fraction of sp³-hybridized carbons (Fsp3) is 0.650. The zero-order chi connectivity index (χ0) is 19.6. The lowest BCUT2D eigenvalue weighted by Gasteiger charge is -2.67. The maximum absolute atomic E-state index is 13.6. The van der Waals surface area contributed by atoms with E-state index in [4.69, 9.17) is 0 Å².